The van der Waals surface area contributed by atoms with Crippen LogP contribution in [0.3, 0.4) is 0 Å². The summed E-state index contributed by atoms with van der Waals surface area (Å²) in [5.41, 5.74) is 2.18. The fraction of sp³-hybridized carbons (Fsp3) is 0.625. The number of fused-ring (bicyclic) bond motifs is 3. The van der Waals surface area contributed by atoms with Crippen LogP contribution in [-0.4, -0.2) is 35.0 Å². The largest absolute Gasteiger partial charge is 0.467 e. The average Bonchev–Trinajstić information content (AvgIpc) is 2.69. The number of aliphatic hydroxyl groups excluding tert-OH is 1. The number of benzene rings is 1. The lowest BCUT2D eigenvalue weighted by molar-refractivity contribution is -0.0184. The summed E-state index contributed by atoms with van der Waals surface area (Å²) in [6.45, 7) is 1.73. The summed E-state index contributed by atoms with van der Waals surface area (Å²) in [6.07, 6.45) is 4.03. The van der Waals surface area contributed by atoms with Crippen LogP contribution in [0.1, 0.15) is 36.8 Å². The number of halogens is 1. The lowest BCUT2D eigenvalue weighted by atomic mass is 9.98. The summed E-state index contributed by atoms with van der Waals surface area (Å²) in [7, 11) is 0. The van der Waals surface area contributed by atoms with Gasteiger partial charge in [0.05, 0.1) is 12.7 Å². The minimum absolute atomic E-state index is 0.128. The van der Waals surface area contributed by atoms with Crippen molar-refractivity contribution in [3.63, 3.8) is 0 Å². The van der Waals surface area contributed by atoms with E-state index in [1.807, 2.05) is 12.1 Å². The van der Waals surface area contributed by atoms with E-state index in [9.17, 15) is 5.11 Å². The van der Waals surface area contributed by atoms with Crippen molar-refractivity contribution in [2.75, 3.05) is 6.79 Å². The van der Waals surface area contributed by atoms with Gasteiger partial charge in [-0.15, -0.1) is 0 Å². The van der Waals surface area contributed by atoms with Crippen LogP contribution in [0, 0.1) is 0 Å². The van der Waals surface area contributed by atoms with Gasteiger partial charge in [0, 0.05) is 34.8 Å². The molecule has 0 amide bonds. The molecule has 0 radical (unpaired) electrons. The van der Waals surface area contributed by atoms with E-state index in [0.29, 0.717) is 25.5 Å². The van der Waals surface area contributed by atoms with Crippen molar-refractivity contribution in [2.45, 2.75) is 57.0 Å². The van der Waals surface area contributed by atoms with Crippen molar-refractivity contribution < 1.29 is 14.6 Å². The average molecular weight is 310 g/mol. The third-order valence-corrected chi connectivity index (χ3v) is 5.18. The van der Waals surface area contributed by atoms with Crippen molar-refractivity contribution in [1.82, 2.24) is 4.90 Å². The molecule has 4 rings (SSSR count). The Labute approximate surface area is 129 Å². The SMILES string of the molecule is OC1CC2CCC(C1)N2Cc1cc(Cl)cc2c1OCOC2. The van der Waals surface area contributed by atoms with Gasteiger partial charge in [0.25, 0.3) is 0 Å². The monoisotopic (exact) mass is 309 g/mol. The molecule has 0 aromatic heterocycles. The third-order valence-electron chi connectivity index (χ3n) is 4.96. The van der Waals surface area contributed by atoms with Gasteiger partial charge in [0.15, 0.2) is 6.79 Å². The highest BCUT2D eigenvalue weighted by Gasteiger charge is 2.40. The zero-order chi connectivity index (χ0) is 14.4. The van der Waals surface area contributed by atoms with Crippen LogP contribution in [0.15, 0.2) is 12.1 Å². The van der Waals surface area contributed by atoms with Crippen LogP contribution in [0.5, 0.6) is 5.75 Å². The van der Waals surface area contributed by atoms with Crippen LogP contribution in [0.25, 0.3) is 0 Å². The number of ether oxygens (including phenoxy) is 2. The molecule has 114 valence electrons. The van der Waals surface area contributed by atoms with E-state index in [2.05, 4.69) is 4.90 Å². The maximum atomic E-state index is 9.92. The Hall–Kier alpha value is -0.810. The standard InChI is InChI=1S/C16H20ClNO3/c17-12-3-10(16-11(4-12)8-20-9-21-16)7-18-13-1-2-14(18)6-15(19)5-13/h3-4,13-15,19H,1-2,5-9H2. The first-order valence-corrected chi connectivity index (χ1v) is 8.04. The molecule has 2 atom stereocenters. The Kier molecular flexibility index (Phi) is 3.58. The van der Waals surface area contributed by atoms with E-state index in [1.165, 1.54) is 12.8 Å². The van der Waals surface area contributed by atoms with Gasteiger partial charge in [-0.05, 0) is 37.8 Å². The highest BCUT2D eigenvalue weighted by molar-refractivity contribution is 6.30. The van der Waals surface area contributed by atoms with Crippen LogP contribution in [0.2, 0.25) is 5.02 Å². The molecular weight excluding hydrogens is 290 g/mol. The minimum atomic E-state index is -0.128. The summed E-state index contributed by atoms with van der Waals surface area (Å²) in [6, 6.07) is 4.92. The minimum Gasteiger partial charge on any atom is -0.467 e. The highest BCUT2D eigenvalue weighted by Crippen LogP contribution is 2.39. The molecule has 0 spiro atoms. The molecule has 5 heteroatoms. The number of aliphatic hydroxyl groups is 1. The van der Waals surface area contributed by atoms with Gasteiger partial charge < -0.3 is 14.6 Å². The van der Waals surface area contributed by atoms with Crippen LogP contribution >= 0.6 is 11.6 Å². The second-order valence-electron chi connectivity index (χ2n) is 6.35. The molecular formula is C16H20ClNO3. The Morgan fingerprint density at radius 1 is 1.24 bits per heavy atom. The normalized spacial score (nSPS) is 31.8. The predicted molar refractivity (Wildman–Crippen MR) is 79.3 cm³/mol. The summed E-state index contributed by atoms with van der Waals surface area (Å²) in [5, 5.41) is 10.7. The zero-order valence-electron chi connectivity index (χ0n) is 11.9. The van der Waals surface area contributed by atoms with Gasteiger partial charge in [-0.3, -0.25) is 4.90 Å². The number of nitrogens with zero attached hydrogens (tertiary/aromatic N) is 1. The first-order chi connectivity index (χ1) is 10.2. The Bertz CT molecular complexity index is 537. The Balaban J connectivity index is 1.61. The van der Waals surface area contributed by atoms with E-state index < -0.39 is 0 Å². The molecule has 1 aromatic carbocycles. The molecule has 0 aliphatic carbocycles. The highest BCUT2D eigenvalue weighted by atomic mass is 35.5. The van der Waals surface area contributed by atoms with E-state index in [-0.39, 0.29) is 6.10 Å². The second-order valence-corrected chi connectivity index (χ2v) is 6.78. The van der Waals surface area contributed by atoms with Crippen molar-refractivity contribution in [3.8, 4) is 5.75 Å². The van der Waals surface area contributed by atoms with Gasteiger partial charge in [0.1, 0.15) is 5.75 Å². The Morgan fingerprint density at radius 2 is 2.00 bits per heavy atom. The van der Waals surface area contributed by atoms with Gasteiger partial charge in [-0.1, -0.05) is 11.6 Å². The van der Waals surface area contributed by atoms with Crippen LogP contribution in [-0.2, 0) is 17.9 Å². The Morgan fingerprint density at radius 3 is 2.76 bits per heavy atom. The lowest BCUT2D eigenvalue weighted by Gasteiger charge is -2.37. The van der Waals surface area contributed by atoms with E-state index in [0.717, 1.165) is 41.3 Å². The molecule has 2 unspecified atom stereocenters. The van der Waals surface area contributed by atoms with Crippen molar-refractivity contribution in [2.24, 2.45) is 0 Å². The number of hydrogen-bond donors (Lipinski definition) is 1. The molecule has 2 saturated heterocycles. The summed E-state index contributed by atoms with van der Waals surface area (Å²) in [5.74, 6) is 0.941. The molecule has 0 saturated carbocycles. The predicted octanol–water partition coefficient (Wildman–Crippen LogP) is 2.69. The van der Waals surface area contributed by atoms with E-state index >= 15 is 0 Å². The van der Waals surface area contributed by atoms with Crippen molar-refractivity contribution >= 4 is 11.6 Å². The van der Waals surface area contributed by atoms with Gasteiger partial charge in [-0.25, -0.2) is 0 Å². The molecule has 3 aliphatic rings. The quantitative estimate of drug-likeness (QED) is 0.912. The maximum absolute atomic E-state index is 9.92. The van der Waals surface area contributed by atoms with Crippen molar-refractivity contribution in [3.05, 3.63) is 28.3 Å². The molecule has 2 bridgehead atoms. The second kappa shape index (κ2) is 5.43. The fourth-order valence-electron chi connectivity index (χ4n) is 4.07. The van der Waals surface area contributed by atoms with Gasteiger partial charge in [0.2, 0.25) is 0 Å². The van der Waals surface area contributed by atoms with Crippen molar-refractivity contribution in [1.29, 1.82) is 0 Å². The van der Waals surface area contributed by atoms with E-state index in [4.69, 9.17) is 21.1 Å². The lowest BCUT2D eigenvalue weighted by Crippen LogP contribution is -2.44. The van der Waals surface area contributed by atoms with Gasteiger partial charge in [-0.2, -0.15) is 0 Å². The van der Waals surface area contributed by atoms with Gasteiger partial charge >= 0.3 is 0 Å². The van der Waals surface area contributed by atoms with E-state index in [1.54, 1.807) is 0 Å². The summed E-state index contributed by atoms with van der Waals surface area (Å²) >= 11 is 6.24. The molecule has 3 heterocycles. The number of piperidine rings is 1. The smallest absolute Gasteiger partial charge is 0.189 e. The summed E-state index contributed by atoms with van der Waals surface area (Å²) < 4.78 is 11.0. The summed E-state index contributed by atoms with van der Waals surface area (Å²) in [4.78, 5) is 2.53. The molecule has 2 fully saturated rings. The first kappa shape index (κ1) is 13.8. The third kappa shape index (κ3) is 2.55. The number of rotatable bonds is 2. The zero-order valence-corrected chi connectivity index (χ0v) is 12.7. The maximum Gasteiger partial charge on any atom is 0.189 e. The molecule has 1 aromatic rings. The number of hydrogen-bond acceptors (Lipinski definition) is 4. The first-order valence-electron chi connectivity index (χ1n) is 7.66. The van der Waals surface area contributed by atoms with Crippen LogP contribution < -0.4 is 4.74 Å². The molecule has 3 aliphatic heterocycles. The molecule has 4 nitrogen and oxygen atoms in total. The van der Waals surface area contributed by atoms with Crippen LogP contribution in [0.4, 0.5) is 0 Å². The fourth-order valence-corrected chi connectivity index (χ4v) is 4.34. The topological polar surface area (TPSA) is 41.9 Å². The molecule has 1 N–H and O–H groups in total. The molecule has 21 heavy (non-hydrogen) atoms.